The van der Waals surface area contributed by atoms with Crippen molar-refractivity contribution in [3.05, 3.63) is 5.56 Å². The molecule has 1 N–H and O–H groups in total. The molecule has 2 rings (SSSR count). The Labute approximate surface area is 198 Å². The molecule has 0 amide bonds. The first-order chi connectivity index (χ1) is 13.2. The smallest absolute Gasteiger partial charge is 0.175 e. The average molecular weight is 354 g/mol. The molecule has 30 radical (unpaired) electrons. The topological polar surface area (TPSA) is 30.5 Å². The van der Waals surface area contributed by atoms with Gasteiger partial charge in [0.25, 0.3) is 0 Å². The normalized spacial score (nSPS) is 18.2. The van der Waals surface area contributed by atoms with Gasteiger partial charge in [-0.1, -0.05) is 27.5 Å². The van der Waals surface area contributed by atoms with Gasteiger partial charge in [0.2, 0.25) is 0 Å². The van der Waals surface area contributed by atoms with Crippen molar-refractivity contribution in [1.82, 2.24) is 5.32 Å². The molecule has 1 heterocycles. The van der Waals surface area contributed by atoms with Crippen molar-refractivity contribution in [2.75, 3.05) is 0 Å². The molecular formula is C12H2B15NO2. The minimum Gasteiger partial charge on any atom is -0.469 e. The quantitative estimate of drug-likeness (QED) is 0.515. The van der Waals surface area contributed by atoms with Gasteiger partial charge < -0.3 is 14.8 Å². The van der Waals surface area contributed by atoms with Crippen LogP contribution in [0.2, 0.25) is 10.3 Å². The third-order valence-corrected chi connectivity index (χ3v) is 4.88. The van der Waals surface area contributed by atoms with Gasteiger partial charge in [-0.3, -0.25) is 0 Å². The second-order valence-electron chi connectivity index (χ2n) is 7.35. The van der Waals surface area contributed by atoms with E-state index in [-0.39, 0.29) is 33.5 Å². The Morgan fingerprint density at radius 2 is 1.17 bits per heavy atom. The highest BCUT2D eigenvalue weighted by Crippen LogP contribution is 2.52. The summed E-state index contributed by atoms with van der Waals surface area (Å²) in [5.41, 5.74) is -5.74. The Hall–Kier alpha value is -0.246. The van der Waals surface area contributed by atoms with Crippen molar-refractivity contribution in [3.8, 4) is 11.5 Å². The number of benzene rings is 1. The molecular weight excluding hydrogens is 352 g/mol. The predicted octanol–water partition coefficient (Wildman–Crippen LogP) is -7.62. The predicted molar refractivity (Wildman–Crippen MR) is 132 cm³/mol. The summed E-state index contributed by atoms with van der Waals surface area (Å²) in [5.74, 6) is -1.77. The van der Waals surface area contributed by atoms with Crippen molar-refractivity contribution in [2.45, 2.75) is 32.4 Å². The van der Waals surface area contributed by atoms with Gasteiger partial charge in [0.05, 0.1) is 54.9 Å². The van der Waals surface area contributed by atoms with Crippen molar-refractivity contribution in [1.29, 1.82) is 0 Å². The summed E-state index contributed by atoms with van der Waals surface area (Å²) < 4.78 is 10.5. The van der Waals surface area contributed by atoms with Gasteiger partial charge in [-0.15, -0.1) is 10.3 Å². The highest BCUT2D eigenvalue weighted by molar-refractivity contribution is 6.69. The molecule has 0 bridgehead atoms. The zero-order valence-corrected chi connectivity index (χ0v) is 16.1. The molecule has 1 aliphatic heterocycles. The number of ether oxygens (including phenoxy) is 2. The molecule has 1 unspecified atom stereocenters. The van der Waals surface area contributed by atoms with E-state index in [1.54, 1.807) is 0 Å². The van der Waals surface area contributed by atoms with Gasteiger partial charge in [0.15, 0.2) is 32.8 Å². The molecule has 0 spiro atoms. The molecule has 0 aromatic heterocycles. The fourth-order valence-electron chi connectivity index (χ4n) is 3.13. The van der Waals surface area contributed by atoms with Crippen LogP contribution in [-0.2, 0) is 5.21 Å². The van der Waals surface area contributed by atoms with Crippen LogP contribution in [0.1, 0.15) is 5.56 Å². The van der Waals surface area contributed by atoms with Crippen LogP contribution in [0.25, 0.3) is 0 Å². The maximum absolute atomic E-state index is 6.37. The third-order valence-electron chi connectivity index (χ3n) is 4.88. The first-order valence-corrected chi connectivity index (χ1v) is 8.27. The summed E-state index contributed by atoms with van der Waals surface area (Å²) in [6, 6.07) is 0. The molecule has 1 aliphatic rings. The Kier molecular flexibility index (Phi) is 6.65. The largest absolute Gasteiger partial charge is 0.469 e. The van der Waals surface area contributed by atoms with Crippen molar-refractivity contribution in [3.63, 3.8) is 0 Å². The molecule has 0 saturated heterocycles. The minimum atomic E-state index is -2.50. The minimum absolute atomic E-state index is 0.154. The van der Waals surface area contributed by atoms with Crippen LogP contribution in [-0.4, -0.2) is 135 Å². The van der Waals surface area contributed by atoms with Gasteiger partial charge in [-0.05, 0) is 10.9 Å². The fourth-order valence-corrected chi connectivity index (χ4v) is 3.13. The van der Waals surface area contributed by atoms with E-state index in [4.69, 9.17) is 127 Å². The molecule has 1 aromatic rings. The van der Waals surface area contributed by atoms with Gasteiger partial charge in [-0.2, -0.15) is 0 Å². The molecule has 3 nitrogen and oxygen atoms in total. The lowest BCUT2D eigenvalue weighted by atomic mass is 9.13. The van der Waals surface area contributed by atoms with Crippen LogP contribution in [0.15, 0.2) is 0 Å². The van der Waals surface area contributed by atoms with Crippen LogP contribution in [0.5, 0.6) is 11.5 Å². The van der Waals surface area contributed by atoms with Gasteiger partial charge in [0, 0.05) is 23.5 Å². The lowest BCUT2D eigenvalue weighted by molar-refractivity contribution is 0.0844. The zero-order chi connectivity index (χ0) is 23.7. The van der Waals surface area contributed by atoms with Crippen LogP contribution in [0.4, 0.5) is 0 Å². The first kappa shape index (κ1) is 26.0. The lowest BCUT2D eigenvalue weighted by Gasteiger charge is -2.65. The van der Waals surface area contributed by atoms with Crippen molar-refractivity contribution < 1.29 is 9.47 Å². The van der Waals surface area contributed by atoms with Gasteiger partial charge >= 0.3 is 0 Å². The number of hydrogen-bond donors (Lipinski definition) is 1. The van der Waals surface area contributed by atoms with E-state index in [1.165, 1.54) is 0 Å². The summed E-state index contributed by atoms with van der Waals surface area (Å²) in [5, 5.41) is -4.92. The molecule has 18 heteroatoms. The number of fused-ring (bicyclic) bond motifs is 1. The molecule has 30 heavy (non-hydrogen) atoms. The Bertz CT molecular complexity index is 851. The molecule has 0 saturated carbocycles. The van der Waals surface area contributed by atoms with Crippen molar-refractivity contribution in [2.24, 2.45) is 0 Å². The molecule has 112 valence electrons. The average Bonchev–Trinajstić information content (AvgIpc) is 2.86. The highest BCUT2D eigenvalue weighted by atomic mass is 16.7. The van der Waals surface area contributed by atoms with Crippen LogP contribution >= 0.6 is 0 Å². The zero-order valence-electron chi connectivity index (χ0n) is 16.1. The SMILES string of the molecule is [B]c1c([B])c(C([B])([B])C([B])(NC([B])[B])C([B])([B])C([B])([B])[B])c([B])c2c1OC([B])([B])O2. The van der Waals surface area contributed by atoms with Crippen LogP contribution < -0.4 is 31.2 Å². The second kappa shape index (κ2) is 7.67. The summed E-state index contributed by atoms with van der Waals surface area (Å²) >= 11 is 0. The van der Waals surface area contributed by atoms with Crippen LogP contribution in [0, 0.1) is 0 Å². The summed E-state index contributed by atoms with van der Waals surface area (Å²) in [4.78, 5) is 0. The molecule has 0 aliphatic carbocycles. The van der Waals surface area contributed by atoms with Gasteiger partial charge in [-0.25, -0.2) is 0 Å². The Morgan fingerprint density at radius 3 is 1.57 bits per heavy atom. The lowest BCUT2D eigenvalue weighted by Crippen LogP contribution is -2.75. The Morgan fingerprint density at radius 1 is 0.733 bits per heavy atom. The summed E-state index contributed by atoms with van der Waals surface area (Å²) in [6.07, 6.45) is 0. The fraction of sp³-hybridized carbons (Fsp3) is 0.500. The first-order valence-electron chi connectivity index (χ1n) is 8.27. The van der Waals surface area contributed by atoms with E-state index >= 15 is 0 Å². The third kappa shape index (κ3) is 3.86. The summed E-state index contributed by atoms with van der Waals surface area (Å²) in [6.45, 7) is 0. The maximum Gasteiger partial charge on any atom is 0.175 e. The highest BCUT2D eigenvalue weighted by Gasteiger charge is 2.54. The van der Waals surface area contributed by atoms with E-state index < -0.39 is 32.4 Å². The second-order valence-corrected chi connectivity index (χ2v) is 7.35. The van der Waals surface area contributed by atoms with E-state index in [0.29, 0.717) is 0 Å². The van der Waals surface area contributed by atoms with E-state index in [0.717, 1.165) is 0 Å². The monoisotopic (exact) mass is 357 g/mol. The summed E-state index contributed by atoms with van der Waals surface area (Å²) in [7, 11) is 89.1. The number of nitrogens with one attached hydrogen (secondary N) is 1. The van der Waals surface area contributed by atoms with E-state index in [9.17, 15) is 0 Å². The maximum atomic E-state index is 6.37. The van der Waals surface area contributed by atoms with Crippen LogP contribution in [0.3, 0.4) is 0 Å². The number of hydrogen-bond acceptors (Lipinski definition) is 3. The molecule has 1 atom stereocenters. The van der Waals surface area contributed by atoms with E-state index in [2.05, 4.69) is 5.32 Å². The van der Waals surface area contributed by atoms with E-state index in [1.807, 2.05) is 0 Å². The standard InChI is InChI=1S/C12H2B15NO2/c13-2-1(3(14)5-6(4(2)15)30-12(26,27)29-5)8(18,19)10(22,28-7(16)17)9(20,21)11(23,24)25/h7,28H. The Balaban J connectivity index is 2.86. The number of rotatable bonds is 6. The molecule has 1 aromatic carbocycles. The van der Waals surface area contributed by atoms with Gasteiger partial charge in [0.1, 0.15) is 23.5 Å². The molecule has 0 fully saturated rings. The van der Waals surface area contributed by atoms with Crippen molar-refractivity contribution >= 4 is 134 Å².